The van der Waals surface area contributed by atoms with E-state index < -0.39 is 24.5 Å². The lowest BCUT2D eigenvalue weighted by atomic mass is 10.1. The third kappa shape index (κ3) is 5.43. The predicted molar refractivity (Wildman–Crippen MR) is 81.9 cm³/mol. The summed E-state index contributed by atoms with van der Waals surface area (Å²) >= 11 is 1.09. The highest BCUT2D eigenvalue weighted by Gasteiger charge is 2.17. The van der Waals surface area contributed by atoms with Gasteiger partial charge in [0.2, 0.25) is 5.91 Å². The SMILES string of the molecule is NCCc1cc(O)c(O)c(SC[C@H](N)C(=O)NCC(=O)O)c1. The number of carboxylic acids is 1. The van der Waals surface area contributed by atoms with Crippen LogP contribution in [0, 0.1) is 0 Å². The van der Waals surface area contributed by atoms with Crippen molar-refractivity contribution < 1.29 is 24.9 Å². The first-order chi connectivity index (χ1) is 10.3. The Bertz CT molecular complexity index is 553. The maximum Gasteiger partial charge on any atom is 0.322 e. The molecule has 0 fully saturated rings. The molecule has 0 aliphatic heterocycles. The van der Waals surface area contributed by atoms with E-state index in [4.69, 9.17) is 16.6 Å². The van der Waals surface area contributed by atoms with Crippen LogP contribution in [0.15, 0.2) is 17.0 Å². The number of hydrogen-bond acceptors (Lipinski definition) is 7. The topological polar surface area (TPSA) is 159 Å². The van der Waals surface area contributed by atoms with Crippen LogP contribution in [0.25, 0.3) is 0 Å². The van der Waals surface area contributed by atoms with Crippen molar-refractivity contribution in [1.82, 2.24) is 5.32 Å². The number of hydrogen-bond donors (Lipinski definition) is 6. The number of rotatable bonds is 8. The van der Waals surface area contributed by atoms with Gasteiger partial charge in [0, 0.05) is 5.75 Å². The fourth-order valence-electron chi connectivity index (χ4n) is 1.62. The second kappa shape index (κ2) is 8.47. The van der Waals surface area contributed by atoms with Crippen LogP contribution >= 0.6 is 11.8 Å². The normalized spacial score (nSPS) is 11.9. The van der Waals surface area contributed by atoms with Crippen LogP contribution in [-0.2, 0) is 16.0 Å². The molecule has 0 saturated heterocycles. The zero-order valence-electron chi connectivity index (χ0n) is 11.8. The lowest BCUT2D eigenvalue weighted by molar-refractivity contribution is -0.138. The highest BCUT2D eigenvalue weighted by Crippen LogP contribution is 2.37. The molecule has 1 atom stereocenters. The molecule has 0 unspecified atom stereocenters. The highest BCUT2D eigenvalue weighted by atomic mass is 32.2. The van der Waals surface area contributed by atoms with Crippen LogP contribution in [0.5, 0.6) is 11.5 Å². The highest BCUT2D eigenvalue weighted by molar-refractivity contribution is 7.99. The zero-order valence-corrected chi connectivity index (χ0v) is 12.6. The lowest BCUT2D eigenvalue weighted by Crippen LogP contribution is -2.44. The van der Waals surface area contributed by atoms with Crippen LogP contribution in [0.2, 0.25) is 0 Å². The van der Waals surface area contributed by atoms with Gasteiger partial charge >= 0.3 is 5.97 Å². The van der Waals surface area contributed by atoms with E-state index in [2.05, 4.69) is 5.32 Å². The van der Waals surface area contributed by atoms with Gasteiger partial charge in [-0.05, 0) is 30.7 Å². The smallest absolute Gasteiger partial charge is 0.322 e. The Kier molecular flexibility index (Phi) is 6.96. The summed E-state index contributed by atoms with van der Waals surface area (Å²) in [6.07, 6.45) is 0.534. The van der Waals surface area contributed by atoms with Crippen LogP contribution in [0.1, 0.15) is 5.56 Å². The summed E-state index contributed by atoms with van der Waals surface area (Å²) in [6, 6.07) is 2.14. The van der Waals surface area contributed by atoms with Crippen LogP contribution in [0.4, 0.5) is 0 Å². The predicted octanol–water partition coefficient (Wildman–Crippen LogP) is -0.781. The number of aliphatic carboxylic acids is 1. The van der Waals surface area contributed by atoms with Gasteiger partial charge in [0.25, 0.3) is 0 Å². The maximum atomic E-state index is 11.5. The number of nitrogens with two attached hydrogens (primary N) is 2. The Balaban J connectivity index is 2.66. The van der Waals surface area contributed by atoms with Gasteiger partial charge in [0.05, 0.1) is 10.9 Å². The van der Waals surface area contributed by atoms with Crippen LogP contribution < -0.4 is 16.8 Å². The molecule has 22 heavy (non-hydrogen) atoms. The number of carboxylic acid groups (broad SMARTS) is 1. The maximum absolute atomic E-state index is 11.5. The molecule has 0 aliphatic carbocycles. The first kappa shape index (κ1) is 18.1. The fraction of sp³-hybridized carbons (Fsp3) is 0.385. The average molecular weight is 329 g/mol. The average Bonchev–Trinajstić information content (AvgIpc) is 2.46. The molecule has 122 valence electrons. The van der Waals surface area contributed by atoms with Gasteiger partial charge in [0.15, 0.2) is 11.5 Å². The Labute approximate surface area is 131 Å². The molecule has 0 aromatic heterocycles. The lowest BCUT2D eigenvalue weighted by Gasteiger charge is -2.13. The van der Waals surface area contributed by atoms with E-state index in [1.54, 1.807) is 6.07 Å². The molecule has 0 saturated carbocycles. The molecular weight excluding hydrogens is 310 g/mol. The van der Waals surface area contributed by atoms with Crippen molar-refractivity contribution in [3.8, 4) is 11.5 Å². The van der Waals surface area contributed by atoms with Crippen molar-refractivity contribution in [3.63, 3.8) is 0 Å². The molecule has 0 aliphatic rings. The van der Waals surface area contributed by atoms with Crippen molar-refractivity contribution in [2.24, 2.45) is 11.5 Å². The van der Waals surface area contributed by atoms with E-state index in [0.717, 1.165) is 17.3 Å². The minimum atomic E-state index is -1.16. The number of aromatic hydroxyl groups is 2. The monoisotopic (exact) mass is 329 g/mol. The van der Waals surface area contributed by atoms with Crippen molar-refractivity contribution >= 4 is 23.6 Å². The number of carbonyl (C=O) groups is 2. The van der Waals surface area contributed by atoms with E-state index in [1.165, 1.54) is 6.07 Å². The molecular formula is C13H19N3O5S. The summed E-state index contributed by atoms with van der Waals surface area (Å²) in [6.45, 7) is -0.110. The Morgan fingerprint density at radius 1 is 1.32 bits per heavy atom. The van der Waals surface area contributed by atoms with Gasteiger partial charge in [-0.2, -0.15) is 0 Å². The van der Waals surface area contributed by atoms with Crippen molar-refractivity contribution in [2.75, 3.05) is 18.8 Å². The van der Waals surface area contributed by atoms with E-state index in [-0.39, 0.29) is 17.3 Å². The largest absolute Gasteiger partial charge is 0.504 e. The number of phenolic OH excluding ortho intramolecular Hbond substituents is 2. The van der Waals surface area contributed by atoms with Gasteiger partial charge in [-0.15, -0.1) is 11.8 Å². The number of phenols is 2. The van der Waals surface area contributed by atoms with Gasteiger partial charge in [0.1, 0.15) is 6.54 Å². The van der Waals surface area contributed by atoms with Crippen molar-refractivity contribution in [2.45, 2.75) is 17.4 Å². The molecule has 0 radical (unpaired) electrons. The molecule has 8 N–H and O–H groups in total. The second-order valence-electron chi connectivity index (χ2n) is 4.53. The first-order valence-corrected chi connectivity index (χ1v) is 7.46. The molecule has 8 nitrogen and oxygen atoms in total. The Morgan fingerprint density at radius 3 is 2.59 bits per heavy atom. The summed E-state index contributed by atoms with van der Waals surface area (Å²) in [5.41, 5.74) is 11.8. The molecule has 1 aromatic carbocycles. The number of nitrogens with one attached hydrogen (secondary N) is 1. The van der Waals surface area contributed by atoms with Crippen LogP contribution in [-0.4, -0.2) is 52.1 Å². The fourth-order valence-corrected chi connectivity index (χ4v) is 2.61. The number of benzene rings is 1. The van der Waals surface area contributed by atoms with Crippen LogP contribution in [0.3, 0.4) is 0 Å². The summed E-state index contributed by atoms with van der Waals surface area (Å²) < 4.78 is 0. The number of carbonyl (C=O) groups excluding carboxylic acids is 1. The summed E-state index contributed by atoms with van der Waals surface area (Å²) in [7, 11) is 0. The molecule has 9 heteroatoms. The minimum Gasteiger partial charge on any atom is -0.504 e. The molecule has 1 aromatic rings. The van der Waals surface area contributed by atoms with E-state index >= 15 is 0 Å². The van der Waals surface area contributed by atoms with Gasteiger partial charge in [-0.3, -0.25) is 9.59 Å². The molecule has 0 bridgehead atoms. The van der Waals surface area contributed by atoms with Gasteiger partial charge in [-0.25, -0.2) is 0 Å². The quantitative estimate of drug-likeness (QED) is 0.267. The minimum absolute atomic E-state index is 0.116. The van der Waals surface area contributed by atoms with E-state index in [9.17, 15) is 19.8 Å². The van der Waals surface area contributed by atoms with Crippen molar-refractivity contribution in [1.29, 1.82) is 0 Å². The molecule has 0 spiro atoms. The Hall–Kier alpha value is -1.97. The summed E-state index contributed by atoms with van der Waals surface area (Å²) in [4.78, 5) is 22.3. The van der Waals surface area contributed by atoms with Crippen molar-refractivity contribution in [3.05, 3.63) is 17.7 Å². The third-order valence-corrected chi connectivity index (χ3v) is 3.86. The number of thioether (sulfide) groups is 1. The number of amides is 1. The van der Waals surface area contributed by atoms with E-state index in [1.807, 2.05) is 0 Å². The van der Waals surface area contributed by atoms with E-state index in [0.29, 0.717) is 17.9 Å². The zero-order chi connectivity index (χ0) is 16.7. The van der Waals surface area contributed by atoms with Gasteiger partial charge in [-0.1, -0.05) is 0 Å². The molecule has 0 heterocycles. The summed E-state index contributed by atoms with van der Waals surface area (Å²) in [5.74, 6) is -2.20. The second-order valence-corrected chi connectivity index (χ2v) is 5.59. The standard InChI is InChI=1S/C13H19N3O5S/c14-2-1-7-3-9(17)12(20)10(4-7)22-6-8(15)13(21)16-5-11(18)19/h3-4,8,17,20H,1-2,5-6,14-15H2,(H,16,21)(H,18,19)/t8-/m0/s1. The molecule has 1 amide bonds. The molecule has 1 rings (SSSR count). The first-order valence-electron chi connectivity index (χ1n) is 6.48. The van der Waals surface area contributed by atoms with Gasteiger partial charge < -0.3 is 32.1 Å². The third-order valence-electron chi connectivity index (χ3n) is 2.72. The Morgan fingerprint density at radius 2 is 2.00 bits per heavy atom. The summed E-state index contributed by atoms with van der Waals surface area (Å²) in [5, 5.41) is 30.1.